The number of aliphatic hydroxyl groups is 1. The van der Waals surface area contributed by atoms with E-state index >= 15 is 0 Å². The van der Waals surface area contributed by atoms with Crippen LogP contribution in [0.3, 0.4) is 0 Å². The third-order valence-electron chi connectivity index (χ3n) is 5.48. The number of hydrogen-bond donors (Lipinski definition) is 1. The van der Waals surface area contributed by atoms with Crippen molar-refractivity contribution in [2.45, 2.75) is 25.9 Å². The van der Waals surface area contributed by atoms with Crippen LogP contribution in [-0.2, 0) is 6.61 Å². The van der Waals surface area contributed by atoms with Crippen LogP contribution in [0.1, 0.15) is 39.6 Å². The van der Waals surface area contributed by atoms with Crippen LogP contribution in [0.25, 0.3) is 5.65 Å². The van der Waals surface area contributed by atoms with Crippen molar-refractivity contribution >= 4 is 23.8 Å². The van der Waals surface area contributed by atoms with Crippen molar-refractivity contribution in [2.75, 3.05) is 6.61 Å². The maximum Gasteiger partial charge on any atom is 0.182 e. The Morgan fingerprint density at radius 3 is 2.38 bits per heavy atom. The SMILES string of the molecule is Cc1nc2c(OCc3c(F)cccc3F)cccn2c1C(=O)C[C@@H](CO)c1ccccc1F.Cl. The average molecular weight is 491 g/mol. The van der Waals surface area contributed by atoms with Crippen LogP contribution in [0.15, 0.2) is 60.8 Å². The predicted molar refractivity (Wildman–Crippen MR) is 123 cm³/mol. The van der Waals surface area contributed by atoms with E-state index in [-0.39, 0.29) is 53.8 Å². The van der Waals surface area contributed by atoms with Crippen molar-refractivity contribution in [3.05, 3.63) is 101 Å². The van der Waals surface area contributed by atoms with Gasteiger partial charge in [-0.3, -0.25) is 9.20 Å². The fraction of sp³-hybridized carbons (Fsp3) is 0.200. The summed E-state index contributed by atoms with van der Waals surface area (Å²) >= 11 is 0. The van der Waals surface area contributed by atoms with E-state index in [1.807, 2.05) is 0 Å². The summed E-state index contributed by atoms with van der Waals surface area (Å²) < 4.78 is 49.2. The minimum absolute atomic E-state index is 0. The topological polar surface area (TPSA) is 63.8 Å². The molecule has 0 unspecified atom stereocenters. The van der Waals surface area contributed by atoms with E-state index in [2.05, 4.69) is 4.98 Å². The summed E-state index contributed by atoms with van der Waals surface area (Å²) in [6.45, 7) is 0.899. The summed E-state index contributed by atoms with van der Waals surface area (Å²) in [6.07, 6.45) is 1.49. The number of carbonyl (C=O) groups is 1. The van der Waals surface area contributed by atoms with E-state index in [0.717, 1.165) is 12.1 Å². The highest BCUT2D eigenvalue weighted by atomic mass is 35.5. The van der Waals surface area contributed by atoms with Gasteiger partial charge in [0, 0.05) is 18.5 Å². The van der Waals surface area contributed by atoms with Crippen LogP contribution in [-0.4, -0.2) is 26.9 Å². The Balaban J connectivity index is 0.00000324. The van der Waals surface area contributed by atoms with E-state index < -0.39 is 30.0 Å². The molecule has 4 aromatic rings. The Labute approximate surface area is 200 Å². The quantitative estimate of drug-likeness (QED) is 0.335. The van der Waals surface area contributed by atoms with Gasteiger partial charge in [0.2, 0.25) is 0 Å². The van der Waals surface area contributed by atoms with E-state index in [1.54, 1.807) is 43.5 Å². The van der Waals surface area contributed by atoms with Crippen LogP contribution >= 0.6 is 12.4 Å². The molecule has 0 amide bonds. The molecule has 2 aromatic heterocycles. The van der Waals surface area contributed by atoms with Crippen LogP contribution < -0.4 is 4.74 Å². The number of halogens is 4. The lowest BCUT2D eigenvalue weighted by atomic mass is 9.93. The number of ether oxygens (including phenoxy) is 1. The van der Waals surface area contributed by atoms with Crippen molar-refractivity contribution in [3.63, 3.8) is 0 Å². The number of fused-ring (bicyclic) bond motifs is 1. The number of benzene rings is 2. The van der Waals surface area contributed by atoms with E-state index in [9.17, 15) is 23.1 Å². The molecule has 0 aliphatic rings. The molecule has 0 spiro atoms. The van der Waals surface area contributed by atoms with Gasteiger partial charge < -0.3 is 9.84 Å². The summed E-state index contributed by atoms with van der Waals surface area (Å²) in [5.74, 6) is -2.74. The molecule has 1 atom stereocenters. The largest absolute Gasteiger partial charge is 0.485 e. The molecule has 4 rings (SSSR count). The van der Waals surface area contributed by atoms with Crippen molar-refractivity contribution < 1.29 is 27.8 Å². The zero-order valence-electron chi connectivity index (χ0n) is 18.2. The van der Waals surface area contributed by atoms with Gasteiger partial charge in [-0.05, 0) is 42.8 Å². The van der Waals surface area contributed by atoms with Gasteiger partial charge in [0.1, 0.15) is 29.8 Å². The number of hydrogen-bond acceptors (Lipinski definition) is 4. The highest BCUT2D eigenvalue weighted by Gasteiger charge is 2.24. The Morgan fingerprint density at radius 1 is 1.03 bits per heavy atom. The average Bonchev–Trinajstić information content (AvgIpc) is 3.14. The molecule has 2 aromatic carbocycles. The molecule has 9 heteroatoms. The molecule has 2 heterocycles. The van der Waals surface area contributed by atoms with E-state index in [0.29, 0.717) is 11.3 Å². The number of aliphatic hydroxyl groups excluding tert-OH is 1. The van der Waals surface area contributed by atoms with Crippen LogP contribution in [0.2, 0.25) is 0 Å². The van der Waals surface area contributed by atoms with Crippen molar-refractivity contribution in [3.8, 4) is 5.75 Å². The molecule has 0 aliphatic heterocycles. The predicted octanol–water partition coefficient (Wildman–Crippen LogP) is 5.41. The maximum absolute atomic E-state index is 14.2. The molecule has 0 radical (unpaired) electrons. The Hall–Kier alpha value is -3.36. The smallest absolute Gasteiger partial charge is 0.182 e. The molecule has 178 valence electrons. The van der Waals surface area contributed by atoms with Crippen molar-refractivity contribution in [2.24, 2.45) is 0 Å². The standard InChI is InChI=1S/C25H21F3N2O3.ClH/c1-15-24(22(32)12-16(13-31)17-6-2-3-7-19(17)26)30-11-5-10-23(25(30)29-15)33-14-18-20(27)8-4-9-21(18)28;/h2-11,16,31H,12-14H2,1H3;1H/t16-;/m0./s1. The van der Waals surface area contributed by atoms with Gasteiger partial charge in [-0.15, -0.1) is 12.4 Å². The molecule has 0 bridgehead atoms. The molecular formula is C25H22ClF3N2O3. The second-order valence-corrected chi connectivity index (χ2v) is 7.63. The highest BCUT2D eigenvalue weighted by Crippen LogP contribution is 2.28. The molecule has 34 heavy (non-hydrogen) atoms. The number of nitrogens with zero attached hydrogens (tertiary/aromatic N) is 2. The van der Waals surface area contributed by atoms with Crippen LogP contribution in [0, 0.1) is 24.4 Å². The van der Waals surface area contributed by atoms with Gasteiger partial charge in [-0.1, -0.05) is 24.3 Å². The second kappa shape index (κ2) is 10.7. The minimum Gasteiger partial charge on any atom is -0.485 e. The lowest BCUT2D eigenvalue weighted by molar-refractivity contribution is 0.0953. The zero-order valence-corrected chi connectivity index (χ0v) is 19.0. The lowest BCUT2D eigenvalue weighted by Gasteiger charge is -2.15. The number of imidazole rings is 1. The second-order valence-electron chi connectivity index (χ2n) is 7.63. The fourth-order valence-corrected chi connectivity index (χ4v) is 3.82. The van der Waals surface area contributed by atoms with Crippen molar-refractivity contribution in [1.82, 2.24) is 9.38 Å². The fourth-order valence-electron chi connectivity index (χ4n) is 3.82. The monoisotopic (exact) mass is 490 g/mol. The third kappa shape index (κ3) is 4.93. The number of pyridine rings is 1. The Kier molecular flexibility index (Phi) is 7.96. The van der Waals surface area contributed by atoms with Gasteiger partial charge in [0.05, 0.1) is 17.9 Å². The molecule has 0 saturated carbocycles. The number of aryl methyl sites for hydroxylation is 1. The summed E-state index contributed by atoms with van der Waals surface area (Å²) in [7, 11) is 0. The molecule has 0 aliphatic carbocycles. The van der Waals surface area contributed by atoms with Crippen molar-refractivity contribution in [1.29, 1.82) is 0 Å². The highest BCUT2D eigenvalue weighted by molar-refractivity contribution is 5.97. The van der Waals surface area contributed by atoms with E-state index in [4.69, 9.17) is 4.74 Å². The maximum atomic E-state index is 14.2. The first-order chi connectivity index (χ1) is 15.9. The summed E-state index contributed by atoms with van der Waals surface area (Å²) in [4.78, 5) is 17.5. The van der Waals surface area contributed by atoms with Gasteiger partial charge in [-0.25, -0.2) is 18.2 Å². The first kappa shape index (κ1) is 25.3. The summed E-state index contributed by atoms with van der Waals surface area (Å²) in [5.41, 5.74) is 1.03. The molecule has 0 saturated heterocycles. The third-order valence-corrected chi connectivity index (χ3v) is 5.48. The Bertz CT molecular complexity index is 1310. The lowest BCUT2D eigenvalue weighted by Crippen LogP contribution is -2.14. The number of ketones is 1. The molecule has 1 N–H and O–H groups in total. The van der Waals surface area contributed by atoms with Gasteiger partial charge in [-0.2, -0.15) is 0 Å². The molecule has 5 nitrogen and oxygen atoms in total. The Morgan fingerprint density at radius 2 is 1.71 bits per heavy atom. The number of rotatable bonds is 8. The first-order valence-electron chi connectivity index (χ1n) is 10.3. The number of carbonyl (C=O) groups excluding carboxylic acids is 1. The van der Waals surface area contributed by atoms with E-state index in [1.165, 1.54) is 16.5 Å². The molecule has 0 fully saturated rings. The number of aromatic nitrogens is 2. The van der Waals surface area contributed by atoms with Gasteiger partial charge in [0.25, 0.3) is 0 Å². The van der Waals surface area contributed by atoms with Gasteiger partial charge >= 0.3 is 0 Å². The normalized spacial score (nSPS) is 11.8. The van der Waals surface area contributed by atoms with Gasteiger partial charge in [0.15, 0.2) is 17.2 Å². The zero-order chi connectivity index (χ0) is 23.5. The van der Waals surface area contributed by atoms with Crippen LogP contribution in [0.5, 0.6) is 5.75 Å². The minimum atomic E-state index is -0.722. The molecular weight excluding hydrogens is 469 g/mol. The summed E-state index contributed by atoms with van der Waals surface area (Å²) in [6, 6.07) is 12.8. The summed E-state index contributed by atoms with van der Waals surface area (Å²) in [5, 5.41) is 9.78. The number of Topliss-reactive ketones (excluding diaryl/α,β-unsaturated/α-hetero) is 1. The van der Waals surface area contributed by atoms with Crippen LogP contribution in [0.4, 0.5) is 13.2 Å². The first-order valence-corrected chi connectivity index (χ1v) is 10.3.